The minimum absolute atomic E-state index is 0.0742. The Morgan fingerprint density at radius 2 is 1.46 bits per heavy atom. The van der Waals surface area contributed by atoms with Gasteiger partial charge in [0, 0.05) is 19.2 Å². The second-order valence-corrected chi connectivity index (χ2v) is 5.42. The maximum atomic E-state index is 12.5. The minimum atomic E-state index is -1.92. The van der Waals surface area contributed by atoms with E-state index in [0.29, 0.717) is 11.4 Å². The molecule has 1 rings (SSSR count). The van der Waals surface area contributed by atoms with Gasteiger partial charge in [0.2, 0.25) is 11.4 Å². The zero-order chi connectivity index (χ0) is 18.2. The van der Waals surface area contributed by atoms with Crippen LogP contribution in [0.4, 0.5) is 0 Å². The van der Waals surface area contributed by atoms with Gasteiger partial charge in [-0.05, 0) is 25.0 Å². The molecule has 0 fully saturated rings. The third kappa shape index (κ3) is 4.96. The first-order chi connectivity index (χ1) is 11.4. The fourth-order valence-corrected chi connectivity index (χ4v) is 2.41. The first kappa shape index (κ1) is 20.0. The van der Waals surface area contributed by atoms with Crippen LogP contribution in [0, 0.1) is 0 Å². The van der Waals surface area contributed by atoms with Gasteiger partial charge in [-0.3, -0.25) is 4.79 Å². The van der Waals surface area contributed by atoms with Gasteiger partial charge >= 0.3 is 11.9 Å². The second kappa shape index (κ2) is 9.27. The van der Waals surface area contributed by atoms with Crippen molar-refractivity contribution in [2.45, 2.75) is 38.6 Å². The molecule has 0 heterocycles. The van der Waals surface area contributed by atoms with Crippen LogP contribution in [0.15, 0.2) is 24.3 Å². The SMILES string of the molecule is CCOC(=O)C(Cc1ccc(CCl)cc1)(NC(C)=O)C(=O)OCC. The lowest BCUT2D eigenvalue weighted by Gasteiger charge is -2.29. The lowest BCUT2D eigenvalue weighted by molar-refractivity contribution is -0.168. The number of hydrogen-bond acceptors (Lipinski definition) is 5. The van der Waals surface area contributed by atoms with Crippen molar-refractivity contribution in [1.29, 1.82) is 0 Å². The summed E-state index contributed by atoms with van der Waals surface area (Å²) in [4.78, 5) is 36.6. The quantitative estimate of drug-likeness (QED) is 0.438. The average Bonchev–Trinajstić information content (AvgIpc) is 2.54. The Labute approximate surface area is 146 Å². The molecular weight excluding hydrogens is 334 g/mol. The number of alkyl halides is 1. The molecule has 0 aliphatic carbocycles. The van der Waals surface area contributed by atoms with Crippen molar-refractivity contribution < 1.29 is 23.9 Å². The van der Waals surface area contributed by atoms with Crippen LogP contribution in [-0.2, 0) is 36.2 Å². The highest BCUT2D eigenvalue weighted by atomic mass is 35.5. The number of benzene rings is 1. The summed E-state index contributed by atoms with van der Waals surface area (Å²) in [7, 11) is 0. The second-order valence-electron chi connectivity index (χ2n) is 5.15. The minimum Gasteiger partial charge on any atom is -0.464 e. The highest BCUT2D eigenvalue weighted by Crippen LogP contribution is 2.20. The first-order valence-electron chi connectivity index (χ1n) is 7.66. The van der Waals surface area contributed by atoms with Crippen LogP contribution in [-0.4, -0.2) is 36.6 Å². The summed E-state index contributed by atoms with van der Waals surface area (Å²) in [5.74, 6) is -1.87. The van der Waals surface area contributed by atoms with Gasteiger partial charge in [-0.2, -0.15) is 0 Å². The van der Waals surface area contributed by atoms with E-state index < -0.39 is 23.4 Å². The van der Waals surface area contributed by atoms with Gasteiger partial charge in [0.05, 0.1) is 13.2 Å². The molecule has 0 atom stereocenters. The number of hydrogen-bond donors (Lipinski definition) is 1. The van der Waals surface area contributed by atoms with E-state index in [1.165, 1.54) is 6.92 Å². The average molecular weight is 356 g/mol. The molecule has 1 aromatic carbocycles. The molecule has 132 valence electrons. The predicted octanol–water partition coefficient (Wildman–Crippen LogP) is 1.97. The van der Waals surface area contributed by atoms with Gasteiger partial charge in [-0.15, -0.1) is 11.6 Å². The zero-order valence-corrected chi connectivity index (χ0v) is 14.8. The summed E-state index contributed by atoms with van der Waals surface area (Å²) in [6.07, 6.45) is -0.0766. The van der Waals surface area contributed by atoms with Gasteiger partial charge < -0.3 is 14.8 Å². The molecular formula is C17H22ClNO5. The van der Waals surface area contributed by atoms with Gasteiger partial charge in [0.15, 0.2) is 0 Å². The van der Waals surface area contributed by atoms with Crippen molar-refractivity contribution in [3.05, 3.63) is 35.4 Å². The van der Waals surface area contributed by atoms with Crippen molar-refractivity contribution in [2.75, 3.05) is 13.2 Å². The predicted molar refractivity (Wildman–Crippen MR) is 89.5 cm³/mol. The number of amides is 1. The lowest BCUT2D eigenvalue weighted by Crippen LogP contribution is -2.62. The van der Waals surface area contributed by atoms with E-state index >= 15 is 0 Å². The van der Waals surface area contributed by atoms with Crippen LogP contribution in [0.25, 0.3) is 0 Å². The molecule has 0 aliphatic heterocycles. The lowest BCUT2D eigenvalue weighted by atomic mass is 9.90. The highest BCUT2D eigenvalue weighted by Gasteiger charge is 2.50. The fraction of sp³-hybridized carbons (Fsp3) is 0.471. The van der Waals surface area contributed by atoms with Crippen LogP contribution < -0.4 is 5.32 Å². The van der Waals surface area contributed by atoms with Crippen LogP contribution in [0.5, 0.6) is 0 Å². The fourth-order valence-electron chi connectivity index (χ4n) is 2.24. The number of carbonyl (C=O) groups excluding carboxylic acids is 3. The number of halogens is 1. The van der Waals surface area contributed by atoms with Gasteiger partial charge in [0.1, 0.15) is 0 Å². The number of rotatable bonds is 8. The molecule has 0 saturated carbocycles. The molecule has 1 N–H and O–H groups in total. The topological polar surface area (TPSA) is 81.7 Å². The monoisotopic (exact) mass is 355 g/mol. The Morgan fingerprint density at radius 1 is 1.00 bits per heavy atom. The summed E-state index contributed by atoms with van der Waals surface area (Å²) in [6, 6.07) is 7.06. The van der Waals surface area contributed by atoms with Gasteiger partial charge in [0.25, 0.3) is 0 Å². The Balaban J connectivity index is 3.27. The highest BCUT2D eigenvalue weighted by molar-refractivity contribution is 6.17. The molecule has 6 nitrogen and oxygen atoms in total. The molecule has 7 heteroatoms. The summed E-state index contributed by atoms with van der Waals surface area (Å²) < 4.78 is 10.0. The zero-order valence-electron chi connectivity index (χ0n) is 14.1. The van der Waals surface area contributed by atoms with Crippen molar-refractivity contribution in [1.82, 2.24) is 5.32 Å². The van der Waals surface area contributed by atoms with Gasteiger partial charge in [-0.1, -0.05) is 24.3 Å². The Bertz CT molecular complexity index is 567. The standard InChI is InChI=1S/C17H22ClNO5/c1-4-23-15(21)17(19-12(3)20,16(22)24-5-2)10-13-6-8-14(11-18)9-7-13/h6-9H,4-5,10-11H2,1-3H3,(H,19,20). The summed E-state index contributed by atoms with van der Waals surface area (Å²) in [5, 5.41) is 2.43. The maximum Gasteiger partial charge on any atom is 0.344 e. The number of esters is 2. The number of ether oxygens (including phenoxy) is 2. The van der Waals surface area contributed by atoms with E-state index in [2.05, 4.69) is 5.32 Å². The first-order valence-corrected chi connectivity index (χ1v) is 8.20. The summed E-state index contributed by atoms with van der Waals surface area (Å²) >= 11 is 5.76. The van der Waals surface area contributed by atoms with E-state index in [0.717, 1.165) is 5.56 Å². The normalized spacial score (nSPS) is 10.8. The molecule has 0 radical (unpaired) electrons. The third-order valence-electron chi connectivity index (χ3n) is 3.28. The van der Waals surface area contributed by atoms with Crippen LogP contribution in [0.1, 0.15) is 31.9 Å². The van der Waals surface area contributed by atoms with E-state index in [9.17, 15) is 14.4 Å². The third-order valence-corrected chi connectivity index (χ3v) is 3.59. The molecule has 24 heavy (non-hydrogen) atoms. The molecule has 1 aromatic rings. The molecule has 0 unspecified atom stereocenters. The largest absolute Gasteiger partial charge is 0.464 e. The van der Waals surface area contributed by atoms with Crippen LogP contribution in [0.2, 0.25) is 0 Å². The number of carbonyl (C=O) groups is 3. The number of nitrogens with one attached hydrogen (secondary N) is 1. The Kier molecular flexibility index (Phi) is 7.71. The van der Waals surface area contributed by atoms with E-state index in [-0.39, 0.29) is 19.6 Å². The maximum absolute atomic E-state index is 12.5. The molecule has 0 bridgehead atoms. The molecule has 0 spiro atoms. The van der Waals surface area contributed by atoms with Crippen molar-refractivity contribution in [3.63, 3.8) is 0 Å². The van der Waals surface area contributed by atoms with Crippen LogP contribution in [0.3, 0.4) is 0 Å². The van der Waals surface area contributed by atoms with Crippen molar-refractivity contribution >= 4 is 29.4 Å². The van der Waals surface area contributed by atoms with Crippen molar-refractivity contribution in [3.8, 4) is 0 Å². The molecule has 0 saturated heterocycles. The Morgan fingerprint density at radius 3 is 1.83 bits per heavy atom. The molecule has 0 aliphatic rings. The van der Waals surface area contributed by atoms with E-state index in [1.54, 1.807) is 38.1 Å². The van der Waals surface area contributed by atoms with E-state index in [4.69, 9.17) is 21.1 Å². The summed E-state index contributed by atoms with van der Waals surface area (Å²) in [5.41, 5.74) is -0.350. The Hall–Kier alpha value is -2.08. The molecule has 0 aromatic heterocycles. The summed E-state index contributed by atoms with van der Waals surface area (Å²) in [6.45, 7) is 4.62. The smallest absolute Gasteiger partial charge is 0.344 e. The van der Waals surface area contributed by atoms with Crippen molar-refractivity contribution in [2.24, 2.45) is 0 Å². The van der Waals surface area contributed by atoms with Crippen LogP contribution >= 0.6 is 11.6 Å². The van der Waals surface area contributed by atoms with E-state index in [1.807, 2.05) is 0 Å². The van der Waals surface area contributed by atoms with Gasteiger partial charge in [-0.25, -0.2) is 9.59 Å². The molecule has 1 amide bonds.